The minimum atomic E-state index is -4.05. The van der Waals surface area contributed by atoms with Crippen molar-refractivity contribution in [3.63, 3.8) is 0 Å². The molecule has 1 aromatic carbocycles. The monoisotopic (exact) mass is 273 g/mol. The SMILES string of the molecule is CCC#Cc1ccc([N+](=O)[O-])cc1S(=O)(=O)Cl. The van der Waals surface area contributed by atoms with Crippen LogP contribution in [-0.2, 0) is 9.05 Å². The number of hydrogen-bond donors (Lipinski definition) is 0. The van der Waals surface area contributed by atoms with Crippen molar-refractivity contribution in [2.24, 2.45) is 0 Å². The maximum absolute atomic E-state index is 11.3. The quantitative estimate of drug-likeness (QED) is 0.358. The van der Waals surface area contributed by atoms with E-state index in [0.717, 1.165) is 6.07 Å². The van der Waals surface area contributed by atoms with Gasteiger partial charge in [-0.05, 0) is 6.07 Å². The summed E-state index contributed by atoms with van der Waals surface area (Å²) in [6.45, 7) is 1.80. The van der Waals surface area contributed by atoms with Gasteiger partial charge in [0, 0.05) is 34.8 Å². The molecule has 0 amide bonds. The van der Waals surface area contributed by atoms with Gasteiger partial charge in [-0.1, -0.05) is 18.8 Å². The number of non-ortho nitro benzene ring substituents is 1. The first kappa shape index (κ1) is 13.5. The average molecular weight is 274 g/mol. The maximum Gasteiger partial charge on any atom is 0.270 e. The van der Waals surface area contributed by atoms with E-state index in [0.29, 0.717) is 6.42 Å². The number of nitro benzene ring substituents is 1. The largest absolute Gasteiger partial charge is 0.270 e. The molecule has 0 heterocycles. The molecule has 90 valence electrons. The number of rotatable bonds is 2. The van der Waals surface area contributed by atoms with Crippen molar-refractivity contribution >= 4 is 25.4 Å². The lowest BCUT2D eigenvalue weighted by atomic mass is 10.2. The number of hydrogen-bond acceptors (Lipinski definition) is 4. The van der Waals surface area contributed by atoms with E-state index in [4.69, 9.17) is 10.7 Å². The average Bonchev–Trinajstić information content (AvgIpc) is 2.24. The van der Waals surface area contributed by atoms with E-state index < -0.39 is 14.0 Å². The van der Waals surface area contributed by atoms with Gasteiger partial charge in [0.1, 0.15) is 4.90 Å². The summed E-state index contributed by atoms with van der Waals surface area (Å²) in [4.78, 5) is 9.51. The van der Waals surface area contributed by atoms with Crippen LogP contribution in [0.25, 0.3) is 0 Å². The summed E-state index contributed by atoms with van der Waals surface area (Å²) < 4.78 is 22.5. The highest BCUT2D eigenvalue weighted by molar-refractivity contribution is 8.13. The molecule has 0 fully saturated rings. The molecule has 0 bridgehead atoms. The van der Waals surface area contributed by atoms with Crippen LogP contribution in [0.3, 0.4) is 0 Å². The van der Waals surface area contributed by atoms with Crippen molar-refractivity contribution in [2.75, 3.05) is 0 Å². The number of halogens is 1. The first-order chi connectivity index (χ1) is 7.86. The highest BCUT2D eigenvalue weighted by Crippen LogP contribution is 2.24. The molecule has 7 heteroatoms. The van der Waals surface area contributed by atoms with Crippen molar-refractivity contribution in [3.8, 4) is 11.8 Å². The van der Waals surface area contributed by atoms with E-state index in [9.17, 15) is 18.5 Å². The molecule has 17 heavy (non-hydrogen) atoms. The van der Waals surface area contributed by atoms with Crippen molar-refractivity contribution in [2.45, 2.75) is 18.2 Å². The van der Waals surface area contributed by atoms with Crippen molar-refractivity contribution in [1.29, 1.82) is 0 Å². The molecule has 0 radical (unpaired) electrons. The second-order valence-corrected chi connectivity index (χ2v) is 5.57. The fraction of sp³-hybridized carbons (Fsp3) is 0.200. The third-order valence-electron chi connectivity index (χ3n) is 1.84. The molecule has 0 spiro atoms. The van der Waals surface area contributed by atoms with Gasteiger partial charge in [-0.3, -0.25) is 10.1 Å². The lowest BCUT2D eigenvalue weighted by molar-refractivity contribution is -0.385. The Morgan fingerprint density at radius 2 is 2.12 bits per heavy atom. The maximum atomic E-state index is 11.3. The Morgan fingerprint density at radius 3 is 2.59 bits per heavy atom. The van der Waals surface area contributed by atoms with E-state index in [2.05, 4.69) is 11.8 Å². The van der Waals surface area contributed by atoms with E-state index >= 15 is 0 Å². The molecule has 0 aliphatic carbocycles. The Labute approximate surface area is 103 Å². The van der Waals surface area contributed by atoms with Crippen molar-refractivity contribution in [3.05, 3.63) is 33.9 Å². The zero-order valence-electron chi connectivity index (χ0n) is 8.81. The van der Waals surface area contributed by atoms with Crippen molar-refractivity contribution in [1.82, 2.24) is 0 Å². The van der Waals surface area contributed by atoms with E-state index in [-0.39, 0.29) is 16.1 Å². The topological polar surface area (TPSA) is 77.3 Å². The Hall–Kier alpha value is -1.58. The Kier molecular flexibility index (Phi) is 4.10. The molecule has 0 aliphatic heterocycles. The van der Waals surface area contributed by atoms with Crippen LogP contribution in [0.15, 0.2) is 23.1 Å². The number of nitro groups is 1. The zero-order valence-corrected chi connectivity index (χ0v) is 10.4. The van der Waals surface area contributed by atoms with Gasteiger partial charge in [0.25, 0.3) is 14.7 Å². The molecule has 0 atom stereocenters. The van der Waals surface area contributed by atoms with Gasteiger partial charge < -0.3 is 0 Å². The van der Waals surface area contributed by atoms with Gasteiger partial charge in [0.05, 0.1) is 4.92 Å². The Balaban J connectivity index is 3.48. The number of benzene rings is 1. The van der Waals surface area contributed by atoms with Crippen LogP contribution in [0.1, 0.15) is 18.9 Å². The molecule has 0 aromatic heterocycles. The lowest BCUT2D eigenvalue weighted by Gasteiger charge is -2.00. The predicted molar refractivity (Wildman–Crippen MR) is 63.3 cm³/mol. The summed E-state index contributed by atoms with van der Waals surface area (Å²) in [6.07, 6.45) is 0.540. The van der Waals surface area contributed by atoms with Crippen LogP contribution in [0.2, 0.25) is 0 Å². The predicted octanol–water partition coefficient (Wildman–Crippen LogP) is 2.28. The second-order valence-electron chi connectivity index (χ2n) is 3.03. The normalized spacial score (nSPS) is 10.5. The van der Waals surface area contributed by atoms with Crippen LogP contribution < -0.4 is 0 Å². The zero-order chi connectivity index (χ0) is 13.1. The van der Waals surface area contributed by atoms with Gasteiger partial charge in [0.2, 0.25) is 0 Å². The lowest BCUT2D eigenvalue weighted by Crippen LogP contribution is -1.97. The highest BCUT2D eigenvalue weighted by Gasteiger charge is 2.19. The van der Waals surface area contributed by atoms with Crippen LogP contribution in [0.4, 0.5) is 5.69 Å². The Bertz CT molecular complexity index is 613. The molecular formula is C10H8ClNO4S. The van der Waals surface area contributed by atoms with Crippen LogP contribution >= 0.6 is 10.7 Å². The van der Waals surface area contributed by atoms with Crippen LogP contribution in [0, 0.1) is 22.0 Å². The summed E-state index contributed by atoms with van der Waals surface area (Å²) in [5.41, 5.74) is -0.182. The fourth-order valence-electron chi connectivity index (χ4n) is 1.11. The molecule has 5 nitrogen and oxygen atoms in total. The van der Waals surface area contributed by atoms with E-state index in [1.165, 1.54) is 12.1 Å². The molecule has 0 saturated carbocycles. The third kappa shape index (κ3) is 3.44. The summed E-state index contributed by atoms with van der Waals surface area (Å²) in [5, 5.41) is 10.5. The van der Waals surface area contributed by atoms with Crippen molar-refractivity contribution < 1.29 is 13.3 Å². The minimum Gasteiger partial charge on any atom is -0.258 e. The molecule has 0 N–H and O–H groups in total. The van der Waals surface area contributed by atoms with E-state index in [1.54, 1.807) is 6.92 Å². The van der Waals surface area contributed by atoms with Gasteiger partial charge in [-0.2, -0.15) is 0 Å². The minimum absolute atomic E-state index is 0.160. The third-order valence-corrected chi connectivity index (χ3v) is 3.20. The van der Waals surface area contributed by atoms with Gasteiger partial charge in [-0.25, -0.2) is 8.42 Å². The standard InChI is InChI=1S/C10H8ClNO4S/c1-2-3-4-8-5-6-9(12(13)14)7-10(8)17(11,15)16/h5-7H,2H2,1H3. The molecule has 0 unspecified atom stereocenters. The smallest absolute Gasteiger partial charge is 0.258 e. The molecule has 0 saturated heterocycles. The van der Waals surface area contributed by atoms with Gasteiger partial charge in [-0.15, -0.1) is 0 Å². The summed E-state index contributed by atoms with van der Waals surface area (Å²) in [7, 11) is 1.15. The highest BCUT2D eigenvalue weighted by atomic mass is 35.7. The summed E-state index contributed by atoms with van der Waals surface area (Å²) >= 11 is 0. The Morgan fingerprint density at radius 1 is 1.47 bits per heavy atom. The summed E-state index contributed by atoms with van der Waals surface area (Å²) in [6, 6.07) is 3.36. The van der Waals surface area contributed by atoms with Gasteiger partial charge in [0.15, 0.2) is 0 Å². The number of nitrogens with zero attached hydrogens (tertiary/aromatic N) is 1. The van der Waals surface area contributed by atoms with E-state index in [1.807, 2.05) is 0 Å². The second kappa shape index (κ2) is 5.17. The summed E-state index contributed by atoms with van der Waals surface area (Å²) in [5.74, 6) is 5.28. The fourth-order valence-corrected chi connectivity index (χ4v) is 2.14. The first-order valence-corrected chi connectivity index (χ1v) is 6.89. The molecule has 1 aromatic rings. The molecule has 0 aliphatic rings. The van der Waals surface area contributed by atoms with Gasteiger partial charge >= 0.3 is 0 Å². The molecular weight excluding hydrogens is 266 g/mol. The molecule has 1 rings (SSSR count). The first-order valence-electron chi connectivity index (χ1n) is 4.58. The van der Waals surface area contributed by atoms with Crippen LogP contribution in [0.5, 0.6) is 0 Å². The van der Waals surface area contributed by atoms with Crippen LogP contribution in [-0.4, -0.2) is 13.3 Å².